The maximum atomic E-state index is 11.4. The van der Waals surface area contributed by atoms with Crippen molar-refractivity contribution in [3.63, 3.8) is 0 Å². The molecule has 0 radical (unpaired) electrons. The monoisotopic (exact) mass is 245 g/mol. The van der Waals surface area contributed by atoms with E-state index in [-0.39, 0.29) is 18.4 Å². The van der Waals surface area contributed by atoms with Gasteiger partial charge in [-0.3, -0.25) is 0 Å². The van der Waals surface area contributed by atoms with E-state index in [1.807, 2.05) is 6.92 Å². The molecule has 5 nitrogen and oxygen atoms in total. The fourth-order valence-corrected chi connectivity index (χ4v) is 2.03. The Hall–Kier alpha value is 0.120. The van der Waals surface area contributed by atoms with Crippen molar-refractivity contribution in [3.05, 3.63) is 0 Å². The molecule has 0 spiro atoms. The summed E-state index contributed by atoms with van der Waals surface area (Å²) in [5.74, 6) is 0. The van der Waals surface area contributed by atoms with E-state index in [1.54, 1.807) is 14.0 Å². The van der Waals surface area contributed by atoms with Crippen LogP contribution < -0.4 is 10.5 Å². The largest absolute Gasteiger partial charge is 0.329 e. The second-order valence-corrected chi connectivity index (χ2v) is 4.89. The van der Waals surface area contributed by atoms with Crippen LogP contribution >= 0.6 is 12.4 Å². The second kappa shape index (κ2) is 7.42. The van der Waals surface area contributed by atoms with Crippen molar-refractivity contribution in [2.24, 2.45) is 5.73 Å². The minimum Gasteiger partial charge on any atom is -0.329 e. The van der Waals surface area contributed by atoms with Gasteiger partial charge in [0, 0.05) is 26.2 Å². The maximum absolute atomic E-state index is 11.4. The van der Waals surface area contributed by atoms with Crippen LogP contribution in [-0.4, -0.2) is 38.9 Å². The molecule has 0 saturated carbocycles. The van der Waals surface area contributed by atoms with Gasteiger partial charge < -0.3 is 5.73 Å². The van der Waals surface area contributed by atoms with Crippen LogP contribution in [0.1, 0.15) is 20.3 Å². The molecule has 0 aliphatic rings. The number of nitrogens with one attached hydrogen (secondary N) is 1. The van der Waals surface area contributed by atoms with Crippen LogP contribution in [0.15, 0.2) is 0 Å². The van der Waals surface area contributed by atoms with Crippen LogP contribution in [0.4, 0.5) is 0 Å². The summed E-state index contributed by atoms with van der Waals surface area (Å²) < 4.78 is 26.7. The molecular weight excluding hydrogens is 226 g/mol. The lowest BCUT2D eigenvalue weighted by molar-refractivity contribution is 0.449. The summed E-state index contributed by atoms with van der Waals surface area (Å²) in [4.78, 5) is 0. The molecule has 0 aromatic heterocycles. The van der Waals surface area contributed by atoms with Crippen molar-refractivity contribution >= 4 is 22.6 Å². The molecule has 0 unspecified atom stereocenters. The van der Waals surface area contributed by atoms with Gasteiger partial charge >= 0.3 is 0 Å². The van der Waals surface area contributed by atoms with Crippen LogP contribution in [0.3, 0.4) is 0 Å². The molecule has 0 aromatic rings. The topological polar surface area (TPSA) is 75.4 Å². The Balaban J connectivity index is 0. The Morgan fingerprint density at radius 3 is 2.36 bits per heavy atom. The van der Waals surface area contributed by atoms with E-state index in [9.17, 15) is 8.42 Å². The van der Waals surface area contributed by atoms with Gasteiger partial charge in [0.05, 0.1) is 0 Å². The van der Waals surface area contributed by atoms with E-state index in [4.69, 9.17) is 5.73 Å². The third-order valence-electron chi connectivity index (χ3n) is 1.65. The zero-order valence-corrected chi connectivity index (χ0v) is 10.5. The minimum absolute atomic E-state index is 0. The summed E-state index contributed by atoms with van der Waals surface area (Å²) in [6.45, 7) is 4.49. The van der Waals surface area contributed by atoms with E-state index in [0.29, 0.717) is 13.1 Å². The fraction of sp³-hybridized carbons (Fsp3) is 1.00. The molecule has 0 rings (SSSR count). The highest BCUT2D eigenvalue weighted by molar-refractivity contribution is 7.87. The van der Waals surface area contributed by atoms with Crippen molar-refractivity contribution in [1.82, 2.24) is 9.03 Å². The van der Waals surface area contributed by atoms with Gasteiger partial charge in [-0.15, -0.1) is 12.4 Å². The number of halogens is 1. The molecule has 0 aliphatic carbocycles. The number of nitrogens with two attached hydrogens (primary N) is 1. The molecule has 0 aromatic carbocycles. The molecule has 7 heteroatoms. The maximum Gasteiger partial charge on any atom is 0.279 e. The Kier molecular flexibility index (Phi) is 8.77. The molecule has 0 fully saturated rings. The van der Waals surface area contributed by atoms with Crippen LogP contribution in [0, 0.1) is 0 Å². The van der Waals surface area contributed by atoms with Gasteiger partial charge in [0.2, 0.25) is 0 Å². The van der Waals surface area contributed by atoms with Gasteiger partial charge in [-0.25, -0.2) is 0 Å². The molecule has 1 atom stereocenters. The van der Waals surface area contributed by atoms with Crippen LogP contribution in [-0.2, 0) is 10.2 Å². The van der Waals surface area contributed by atoms with Crippen molar-refractivity contribution in [2.75, 3.05) is 20.1 Å². The van der Waals surface area contributed by atoms with Crippen LogP contribution in [0.2, 0.25) is 0 Å². The summed E-state index contributed by atoms with van der Waals surface area (Å²) in [5, 5.41) is 0. The summed E-state index contributed by atoms with van der Waals surface area (Å²) in [6, 6.07) is -0.218. The highest BCUT2D eigenvalue weighted by Crippen LogP contribution is 1.96. The Morgan fingerprint density at radius 1 is 1.50 bits per heavy atom. The van der Waals surface area contributed by atoms with Gasteiger partial charge in [0.15, 0.2) is 0 Å². The zero-order chi connectivity index (χ0) is 10.5. The molecule has 14 heavy (non-hydrogen) atoms. The average Bonchev–Trinajstić information content (AvgIpc) is 2.04. The van der Waals surface area contributed by atoms with E-state index in [2.05, 4.69) is 4.72 Å². The quantitative estimate of drug-likeness (QED) is 0.688. The predicted molar refractivity (Wildman–Crippen MR) is 60.7 cm³/mol. The van der Waals surface area contributed by atoms with E-state index in [1.165, 1.54) is 4.31 Å². The fourth-order valence-electron chi connectivity index (χ4n) is 0.827. The smallest absolute Gasteiger partial charge is 0.279 e. The molecule has 0 heterocycles. The zero-order valence-electron chi connectivity index (χ0n) is 8.86. The SMILES string of the molecule is CCCN(C)S(=O)(=O)N[C@@H](C)CN.Cl. The molecule has 0 bridgehead atoms. The predicted octanol–water partition coefficient (Wildman–Crippen LogP) is -0.0684. The standard InChI is InChI=1S/C7H19N3O2S.ClH/c1-4-5-10(3)13(11,12)9-7(2)6-8;/h7,9H,4-6,8H2,1-3H3;1H/t7-;/m0./s1. The summed E-state index contributed by atoms with van der Waals surface area (Å²) in [6.07, 6.45) is 0.800. The first-order chi connectivity index (χ1) is 5.94. The summed E-state index contributed by atoms with van der Waals surface area (Å²) >= 11 is 0. The number of nitrogens with zero attached hydrogens (tertiary/aromatic N) is 1. The minimum atomic E-state index is -3.33. The average molecular weight is 246 g/mol. The Labute approximate surface area is 92.6 Å². The van der Waals surface area contributed by atoms with E-state index in [0.717, 1.165) is 6.42 Å². The first-order valence-electron chi connectivity index (χ1n) is 4.37. The third-order valence-corrected chi connectivity index (χ3v) is 3.36. The third kappa shape index (κ3) is 5.77. The normalized spacial score (nSPS) is 13.8. The molecule has 0 amide bonds. The van der Waals surface area contributed by atoms with E-state index < -0.39 is 10.2 Å². The van der Waals surface area contributed by atoms with Gasteiger partial charge in [0.25, 0.3) is 10.2 Å². The lowest BCUT2D eigenvalue weighted by atomic mass is 10.4. The van der Waals surface area contributed by atoms with Gasteiger partial charge in [-0.2, -0.15) is 17.4 Å². The molecular formula is C7H20ClN3O2S. The number of rotatable bonds is 6. The summed E-state index contributed by atoms with van der Waals surface area (Å²) in [7, 11) is -1.78. The first kappa shape index (κ1) is 16.5. The molecule has 88 valence electrons. The Bertz CT molecular complexity index is 233. The molecule has 0 aliphatic heterocycles. The highest BCUT2D eigenvalue weighted by atomic mass is 35.5. The van der Waals surface area contributed by atoms with E-state index >= 15 is 0 Å². The van der Waals surface area contributed by atoms with Gasteiger partial charge in [0.1, 0.15) is 0 Å². The second-order valence-electron chi connectivity index (χ2n) is 3.08. The molecule has 3 N–H and O–H groups in total. The van der Waals surface area contributed by atoms with Crippen molar-refractivity contribution in [3.8, 4) is 0 Å². The number of hydrogen-bond donors (Lipinski definition) is 2. The van der Waals surface area contributed by atoms with Crippen molar-refractivity contribution in [1.29, 1.82) is 0 Å². The Morgan fingerprint density at radius 2 is 2.00 bits per heavy atom. The first-order valence-corrected chi connectivity index (χ1v) is 5.81. The highest BCUT2D eigenvalue weighted by Gasteiger charge is 2.18. The van der Waals surface area contributed by atoms with Crippen LogP contribution in [0.25, 0.3) is 0 Å². The van der Waals surface area contributed by atoms with Crippen molar-refractivity contribution in [2.45, 2.75) is 26.3 Å². The van der Waals surface area contributed by atoms with Gasteiger partial charge in [-0.05, 0) is 13.3 Å². The van der Waals surface area contributed by atoms with Crippen molar-refractivity contribution < 1.29 is 8.42 Å². The molecule has 0 saturated heterocycles. The van der Waals surface area contributed by atoms with Gasteiger partial charge in [-0.1, -0.05) is 6.92 Å². The number of hydrogen-bond acceptors (Lipinski definition) is 3. The van der Waals surface area contributed by atoms with Crippen LogP contribution in [0.5, 0.6) is 0 Å². The lowest BCUT2D eigenvalue weighted by Crippen LogP contribution is -2.45. The lowest BCUT2D eigenvalue weighted by Gasteiger charge is -2.19. The summed E-state index contributed by atoms with van der Waals surface area (Å²) in [5.41, 5.74) is 5.31.